The molecule has 1 aliphatic rings. The molecule has 0 radical (unpaired) electrons. The first-order valence-corrected chi connectivity index (χ1v) is 10.5. The van der Waals surface area contributed by atoms with Crippen LogP contribution in [0.3, 0.4) is 0 Å². The van der Waals surface area contributed by atoms with Crippen LogP contribution in [0.2, 0.25) is 0 Å². The molecule has 1 aromatic heterocycles. The number of carbonyl (C=O) groups excluding carboxylic acids is 1. The zero-order chi connectivity index (χ0) is 20.4. The van der Waals surface area contributed by atoms with Crippen LogP contribution >= 0.6 is 0 Å². The minimum Gasteiger partial charge on any atom is -0.348 e. The average Bonchev–Trinajstić information content (AvgIpc) is 3.34. The number of imidazole rings is 1. The molecule has 0 saturated carbocycles. The van der Waals surface area contributed by atoms with E-state index in [1.807, 2.05) is 42.0 Å². The van der Waals surface area contributed by atoms with E-state index < -0.39 is 10.0 Å². The van der Waals surface area contributed by atoms with Crippen molar-refractivity contribution in [3.05, 3.63) is 78.4 Å². The van der Waals surface area contributed by atoms with Crippen molar-refractivity contribution in [2.75, 3.05) is 6.54 Å². The Morgan fingerprint density at radius 3 is 2.69 bits per heavy atom. The predicted octanol–water partition coefficient (Wildman–Crippen LogP) is 1.79. The quantitative estimate of drug-likeness (QED) is 0.670. The second kappa shape index (κ2) is 7.51. The standard InChI is InChI=1S/C20H19N5O3S/c1-14(15-6-8-16(9-7-15)25-11-10-21-13-25)23-19(26)12-22-20-17-4-2-3-5-18(17)29(27,28)24-20/h2-11,13-14H,12H2,1H3,(H,22,24)(H,23,26). The van der Waals surface area contributed by atoms with Gasteiger partial charge >= 0.3 is 0 Å². The van der Waals surface area contributed by atoms with Crippen molar-refractivity contribution in [3.63, 3.8) is 0 Å². The van der Waals surface area contributed by atoms with E-state index in [0.29, 0.717) is 5.56 Å². The predicted molar refractivity (Wildman–Crippen MR) is 108 cm³/mol. The molecule has 0 spiro atoms. The molecule has 0 saturated heterocycles. The van der Waals surface area contributed by atoms with Gasteiger partial charge in [0, 0.05) is 23.6 Å². The fraction of sp³-hybridized carbons (Fsp3) is 0.150. The van der Waals surface area contributed by atoms with E-state index in [2.05, 4.69) is 20.0 Å². The number of rotatable bonds is 5. The van der Waals surface area contributed by atoms with Gasteiger partial charge < -0.3 is 9.88 Å². The van der Waals surface area contributed by atoms with Gasteiger partial charge in [0.2, 0.25) is 5.91 Å². The Morgan fingerprint density at radius 2 is 1.97 bits per heavy atom. The van der Waals surface area contributed by atoms with Crippen molar-refractivity contribution in [1.82, 2.24) is 19.6 Å². The van der Waals surface area contributed by atoms with Gasteiger partial charge in [-0.1, -0.05) is 24.3 Å². The molecular formula is C20H19N5O3S. The smallest absolute Gasteiger partial charge is 0.263 e. The van der Waals surface area contributed by atoms with Crippen LogP contribution in [0.5, 0.6) is 0 Å². The number of nitrogens with one attached hydrogen (secondary N) is 2. The number of hydrogen-bond acceptors (Lipinski definition) is 5. The second-order valence-electron chi connectivity index (χ2n) is 6.62. The largest absolute Gasteiger partial charge is 0.348 e. The molecule has 3 aromatic rings. The van der Waals surface area contributed by atoms with Crippen LogP contribution < -0.4 is 10.0 Å². The molecule has 4 rings (SSSR count). The first kappa shape index (κ1) is 18.9. The fourth-order valence-electron chi connectivity index (χ4n) is 3.12. The molecule has 9 heteroatoms. The number of amidine groups is 1. The highest BCUT2D eigenvalue weighted by Gasteiger charge is 2.30. The lowest BCUT2D eigenvalue weighted by Gasteiger charge is -2.14. The Hall–Kier alpha value is -3.46. The maximum Gasteiger partial charge on any atom is 0.263 e. The van der Waals surface area contributed by atoms with Crippen molar-refractivity contribution in [3.8, 4) is 5.69 Å². The van der Waals surface area contributed by atoms with Crippen LogP contribution in [0.1, 0.15) is 24.1 Å². The number of aliphatic imine (C=N–C) groups is 1. The summed E-state index contributed by atoms with van der Waals surface area (Å²) in [6.07, 6.45) is 5.28. The lowest BCUT2D eigenvalue weighted by atomic mass is 10.1. The van der Waals surface area contributed by atoms with Gasteiger partial charge in [-0.25, -0.2) is 13.4 Å². The number of sulfonamides is 1. The lowest BCUT2D eigenvalue weighted by Crippen LogP contribution is -2.30. The topological polar surface area (TPSA) is 105 Å². The van der Waals surface area contributed by atoms with E-state index in [9.17, 15) is 13.2 Å². The Kier molecular flexibility index (Phi) is 4.89. The summed E-state index contributed by atoms with van der Waals surface area (Å²) in [6, 6.07) is 14.1. The van der Waals surface area contributed by atoms with Crippen LogP contribution in [0.25, 0.3) is 5.69 Å². The van der Waals surface area contributed by atoms with E-state index in [4.69, 9.17) is 0 Å². The molecule has 1 amide bonds. The number of aromatic nitrogens is 2. The molecule has 2 heterocycles. The summed E-state index contributed by atoms with van der Waals surface area (Å²) in [5, 5.41) is 2.88. The molecule has 0 fully saturated rings. The van der Waals surface area contributed by atoms with Crippen molar-refractivity contribution in [2.45, 2.75) is 17.9 Å². The summed E-state index contributed by atoms with van der Waals surface area (Å²) in [4.78, 5) is 20.7. The van der Waals surface area contributed by atoms with Crippen LogP contribution in [0.4, 0.5) is 0 Å². The Balaban J connectivity index is 1.41. The maximum absolute atomic E-state index is 12.3. The van der Waals surface area contributed by atoms with E-state index in [-0.39, 0.29) is 29.2 Å². The highest BCUT2D eigenvalue weighted by atomic mass is 32.2. The van der Waals surface area contributed by atoms with Crippen LogP contribution in [0, 0.1) is 0 Å². The van der Waals surface area contributed by atoms with Crippen LogP contribution in [-0.4, -0.2) is 36.3 Å². The molecule has 2 aromatic carbocycles. The van der Waals surface area contributed by atoms with Crippen LogP contribution in [0.15, 0.2) is 77.1 Å². The van der Waals surface area contributed by atoms with Crippen molar-refractivity contribution >= 4 is 21.8 Å². The molecule has 1 atom stereocenters. The van der Waals surface area contributed by atoms with Crippen molar-refractivity contribution in [1.29, 1.82) is 0 Å². The number of amides is 1. The van der Waals surface area contributed by atoms with E-state index in [1.54, 1.807) is 30.7 Å². The molecule has 0 bridgehead atoms. The van der Waals surface area contributed by atoms with Gasteiger partial charge in [0.15, 0.2) is 0 Å². The first-order valence-electron chi connectivity index (χ1n) is 8.98. The van der Waals surface area contributed by atoms with Gasteiger partial charge in [-0.2, -0.15) is 0 Å². The third kappa shape index (κ3) is 3.90. The molecule has 148 valence electrons. The minimum atomic E-state index is -3.61. The van der Waals surface area contributed by atoms with Crippen LogP contribution in [-0.2, 0) is 14.8 Å². The Morgan fingerprint density at radius 1 is 1.21 bits per heavy atom. The Bertz CT molecular complexity index is 1170. The summed E-state index contributed by atoms with van der Waals surface area (Å²) >= 11 is 0. The third-order valence-corrected chi connectivity index (χ3v) is 6.01. The van der Waals surface area contributed by atoms with Gasteiger partial charge in [-0.3, -0.25) is 14.5 Å². The lowest BCUT2D eigenvalue weighted by molar-refractivity contribution is -0.120. The zero-order valence-electron chi connectivity index (χ0n) is 15.6. The molecule has 1 aliphatic heterocycles. The summed E-state index contributed by atoms with van der Waals surface area (Å²) in [6.45, 7) is 1.70. The average molecular weight is 409 g/mol. The van der Waals surface area contributed by atoms with Gasteiger partial charge in [0.1, 0.15) is 12.4 Å². The monoisotopic (exact) mass is 409 g/mol. The molecule has 1 unspecified atom stereocenters. The van der Waals surface area contributed by atoms with Crippen molar-refractivity contribution < 1.29 is 13.2 Å². The van der Waals surface area contributed by atoms with E-state index in [0.717, 1.165) is 11.3 Å². The highest BCUT2D eigenvalue weighted by molar-refractivity contribution is 7.90. The molecule has 8 nitrogen and oxygen atoms in total. The number of nitrogens with zero attached hydrogens (tertiary/aromatic N) is 3. The number of fused-ring (bicyclic) bond motifs is 1. The van der Waals surface area contributed by atoms with E-state index in [1.165, 1.54) is 6.07 Å². The fourth-order valence-corrected chi connectivity index (χ4v) is 4.37. The molecule has 0 aliphatic carbocycles. The summed E-state index contributed by atoms with van der Waals surface area (Å²) in [5.41, 5.74) is 2.40. The minimum absolute atomic E-state index is 0.172. The summed E-state index contributed by atoms with van der Waals surface area (Å²) in [5.74, 6) is -0.111. The van der Waals surface area contributed by atoms with Gasteiger partial charge in [0.05, 0.1) is 17.3 Å². The number of carbonyl (C=O) groups is 1. The normalized spacial score (nSPS) is 16.8. The van der Waals surface area contributed by atoms with Crippen molar-refractivity contribution in [2.24, 2.45) is 4.99 Å². The van der Waals surface area contributed by atoms with Gasteiger partial charge in [0.25, 0.3) is 10.0 Å². The van der Waals surface area contributed by atoms with E-state index >= 15 is 0 Å². The highest BCUT2D eigenvalue weighted by Crippen LogP contribution is 2.22. The molecule has 29 heavy (non-hydrogen) atoms. The molecular weight excluding hydrogens is 390 g/mol. The Labute approximate surface area is 168 Å². The summed E-state index contributed by atoms with van der Waals surface area (Å²) in [7, 11) is -3.61. The summed E-state index contributed by atoms with van der Waals surface area (Å²) < 4.78 is 28.5. The molecule has 2 N–H and O–H groups in total. The first-order chi connectivity index (χ1) is 13.9. The maximum atomic E-state index is 12.3. The second-order valence-corrected chi connectivity index (χ2v) is 8.27. The number of hydrogen-bond donors (Lipinski definition) is 2. The SMILES string of the molecule is CC(NC(=O)CN=C1NS(=O)(=O)c2ccccc21)c1ccc(-n2ccnc2)cc1. The van der Waals surface area contributed by atoms with Gasteiger partial charge in [-0.05, 0) is 36.8 Å². The third-order valence-electron chi connectivity index (χ3n) is 4.62. The number of benzene rings is 2. The van der Waals surface area contributed by atoms with Gasteiger partial charge in [-0.15, -0.1) is 0 Å². The zero-order valence-corrected chi connectivity index (χ0v) is 16.4.